The van der Waals surface area contributed by atoms with Crippen molar-refractivity contribution in [2.24, 2.45) is 0 Å². The smallest absolute Gasteiger partial charge is 0.169 e. The maximum Gasteiger partial charge on any atom is 0.169 e. The fourth-order valence-corrected chi connectivity index (χ4v) is 2.22. The van der Waals surface area contributed by atoms with Crippen molar-refractivity contribution in [2.45, 2.75) is 5.54 Å². The Morgan fingerprint density at radius 2 is 0.882 bits per heavy atom. The van der Waals surface area contributed by atoms with Gasteiger partial charge in [0.25, 0.3) is 0 Å². The molecule has 7 heteroatoms. The predicted octanol–water partition coefficient (Wildman–Crippen LogP) is -3.50. The average molecular weight is 254 g/mol. The molecule has 0 atom stereocenters. The summed E-state index contributed by atoms with van der Waals surface area (Å²) < 4.78 is -0.125. The van der Waals surface area contributed by atoms with Crippen LogP contribution in [0.2, 0.25) is 0 Å². The molecule has 0 bridgehead atoms. The lowest BCUT2D eigenvalue weighted by Crippen LogP contribution is -2.72. The molecule has 0 aromatic heterocycles. The highest BCUT2D eigenvalue weighted by Gasteiger charge is 2.49. The highest BCUT2D eigenvalue weighted by atomic mass is 16.3. The van der Waals surface area contributed by atoms with Gasteiger partial charge in [0.15, 0.2) is 5.54 Å². The second kappa shape index (κ2) is 7.93. The summed E-state index contributed by atoms with van der Waals surface area (Å²) in [7, 11) is 0. The Labute approximate surface area is 101 Å². The zero-order valence-corrected chi connectivity index (χ0v) is 9.99. The maximum absolute atomic E-state index is 9.41. The number of aliphatic hydroxyl groups is 6. The Kier molecular flexibility index (Phi) is 7.80. The van der Waals surface area contributed by atoms with Crippen molar-refractivity contribution in [3.05, 3.63) is 0 Å². The van der Waals surface area contributed by atoms with Crippen LogP contribution in [0, 0.1) is 0 Å². The van der Waals surface area contributed by atoms with Gasteiger partial charge in [0.05, 0.1) is 19.8 Å². The lowest BCUT2D eigenvalue weighted by Gasteiger charge is -2.50. The minimum atomic E-state index is -1.28. The van der Waals surface area contributed by atoms with Crippen LogP contribution in [-0.2, 0) is 0 Å². The van der Waals surface area contributed by atoms with E-state index in [9.17, 15) is 15.3 Å². The van der Waals surface area contributed by atoms with E-state index in [0.29, 0.717) is 0 Å². The first-order valence-corrected chi connectivity index (χ1v) is 5.63. The van der Waals surface area contributed by atoms with E-state index in [0.717, 1.165) is 0 Å². The molecule has 7 nitrogen and oxygen atoms in total. The molecule has 0 rings (SSSR count). The van der Waals surface area contributed by atoms with Gasteiger partial charge in [-0.2, -0.15) is 0 Å². The molecule has 0 unspecified atom stereocenters. The van der Waals surface area contributed by atoms with Gasteiger partial charge in [-0.1, -0.05) is 0 Å². The molecule has 6 N–H and O–H groups in total. The number of rotatable bonds is 10. The summed E-state index contributed by atoms with van der Waals surface area (Å²) in [4.78, 5) is 0. The normalized spacial score (nSPS) is 13.1. The van der Waals surface area contributed by atoms with Crippen molar-refractivity contribution in [2.75, 3.05) is 59.3 Å². The summed E-state index contributed by atoms with van der Waals surface area (Å²) in [5.41, 5.74) is -1.28. The van der Waals surface area contributed by atoms with Crippen LogP contribution in [-0.4, -0.2) is 99.9 Å². The predicted molar refractivity (Wildman–Crippen MR) is 60.1 cm³/mol. The van der Waals surface area contributed by atoms with Crippen molar-refractivity contribution in [1.82, 2.24) is 0 Å². The first kappa shape index (κ1) is 16.7. The number of hydrogen-bond donors (Lipinski definition) is 6. The summed E-state index contributed by atoms with van der Waals surface area (Å²) in [6, 6.07) is 0. The SMILES string of the molecule is OCC[N+](CCO)(CCO)C(CO)(CO)CO. The molecule has 17 heavy (non-hydrogen) atoms. The van der Waals surface area contributed by atoms with Gasteiger partial charge < -0.3 is 35.1 Å². The van der Waals surface area contributed by atoms with Crippen LogP contribution in [0.15, 0.2) is 0 Å². The van der Waals surface area contributed by atoms with Gasteiger partial charge in [0.1, 0.15) is 39.5 Å². The third kappa shape index (κ3) is 3.35. The van der Waals surface area contributed by atoms with Gasteiger partial charge in [-0.05, 0) is 0 Å². The molecule has 104 valence electrons. The number of hydrogen-bond acceptors (Lipinski definition) is 6. The Bertz CT molecular complexity index is 172. The summed E-state index contributed by atoms with van der Waals surface area (Å²) in [6.07, 6.45) is 0. The quantitative estimate of drug-likeness (QED) is 0.225. The zero-order chi connectivity index (χ0) is 13.4. The fraction of sp³-hybridized carbons (Fsp3) is 1.00. The molecular formula is C10H24NO6+. The topological polar surface area (TPSA) is 121 Å². The van der Waals surface area contributed by atoms with E-state index in [4.69, 9.17) is 15.3 Å². The van der Waals surface area contributed by atoms with Gasteiger partial charge >= 0.3 is 0 Å². The summed E-state index contributed by atoms with van der Waals surface area (Å²) in [5.74, 6) is 0. The van der Waals surface area contributed by atoms with Gasteiger partial charge in [0.2, 0.25) is 0 Å². The Morgan fingerprint density at radius 1 is 0.588 bits per heavy atom. The highest BCUT2D eigenvalue weighted by molar-refractivity contribution is 4.81. The van der Waals surface area contributed by atoms with Crippen LogP contribution < -0.4 is 0 Å². The molecule has 0 amide bonds. The molecule has 0 aliphatic carbocycles. The molecule has 0 aliphatic rings. The summed E-state index contributed by atoms with van der Waals surface area (Å²) >= 11 is 0. The van der Waals surface area contributed by atoms with Crippen molar-refractivity contribution in [3.63, 3.8) is 0 Å². The Balaban J connectivity index is 5.31. The molecule has 0 spiro atoms. The molecule has 0 radical (unpaired) electrons. The Morgan fingerprint density at radius 3 is 1.06 bits per heavy atom. The van der Waals surface area contributed by atoms with Crippen molar-refractivity contribution in [3.8, 4) is 0 Å². The van der Waals surface area contributed by atoms with E-state index < -0.39 is 25.4 Å². The third-order valence-corrected chi connectivity index (χ3v) is 3.47. The third-order valence-electron chi connectivity index (χ3n) is 3.47. The largest absolute Gasteiger partial charge is 0.391 e. The Hall–Kier alpha value is -0.280. The maximum atomic E-state index is 9.41. The van der Waals surface area contributed by atoms with Crippen LogP contribution in [0.5, 0.6) is 0 Å². The van der Waals surface area contributed by atoms with E-state index in [1.807, 2.05) is 0 Å². The first-order chi connectivity index (χ1) is 8.11. The van der Waals surface area contributed by atoms with Crippen LogP contribution in [0.3, 0.4) is 0 Å². The van der Waals surface area contributed by atoms with E-state index >= 15 is 0 Å². The van der Waals surface area contributed by atoms with Crippen LogP contribution in [0.25, 0.3) is 0 Å². The molecule has 0 aromatic carbocycles. The lowest BCUT2D eigenvalue weighted by molar-refractivity contribution is -0.978. The second-order valence-corrected chi connectivity index (χ2v) is 4.19. The molecule has 0 heterocycles. The molecule has 0 aromatic rings. The zero-order valence-electron chi connectivity index (χ0n) is 9.99. The second-order valence-electron chi connectivity index (χ2n) is 4.19. The fourth-order valence-electron chi connectivity index (χ4n) is 2.22. The number of aliphatic hydroxyl groups excluding tert-OH is 6. The molecule has 0 fully saturated rings. The van der Waals surface area contributed by atoms with Crippen molar-refractivity contribution < 1.29 is 35.1 Å². The number of nitrogens with zero attached hydrogens (tertiary/aromatic N) is 1. The van der Waals surface area contributed by atoms with Gasteiger partial charge in [-0.3, -0.25) is 0 Å². The van der Waals surface area contributed by atoms with Crippen LogP contribution in [0.1, 0.15) is 0 Å². The van der Waals surface area contributed by atoms with Gasteiger partial charge in [-0.25, -0.2) is 0 Å². The van der Waals surface area contributed by atoms with Crippen LogP contribution in [0.4, 0.5) is 0 Å². The highest BCUT2D eigenvalue weighted by Crippen LogP contribution is 2.24. The van der Waals surface area contributed by atoms with Crippen LogP contribution >= 0.6 is 0 Å². The standard InChI is InChI=1S/C10H24NO6/c12-4-1-11(2-5-13,3-6-14)10(7-15,8-16)9-17/h12-17H,1-9H2/q+1. The first-order valence-electron chi connectivity index (χ1n) is 5.63. The monoisotopic (exact) mass is 254 g/mol. The van der Waals surface area contributed by atoms with Gasteiger partial charge in [-0.15, -0.1) is 0 Å². The molecule has 0 aliphatic heterocycles. The summed E-state index contributed by atoms with van der Waals surface area (Å²) in [6.45, 7) is -1.82. The molecular weight excluding hydrogens is 230 g/mol. The van der Waals surface area contributed by atoms with E-state index in [1.165, 1.54) is 0 Å². The molecule has 0 saturated carbocycles. The average Bonchev–Trinajstić information content (AvgIpc) is 2.33. The van der Waals surface area contributed by atoms with E-state index in [-0.39, 0.29) is 43.9 Å². The minimum Gasteiger partial charge on any atom is -0.391 e. The number of quaternary nitrogens is 1. The van der Waals surface area contributed by atoms with E-state index in [1.54, 1.807) is 0 Å². The lowest BCUT2D eigenvalue weighted by atomic mass is 9.95. The van der Waals surface area contributed by atoms with E-state index in [2.05, 4.69) is 0 Å². The van der Waals surface area contributed by atoms with Crippen molar-refractivity contribution >= 4 is 0 Å². The minimum absolute atomic E-state index is 0.125. The van der Waals surface area contributed by atoms with Crippen molar-refractivity contribution in [1.29, 1.82) is 0 Å². The van der Waals surface area contributed by atoms with Gasteiger partial charge in [0, 0.05) is 0 Å². The molecule has 0 saturated heterocycles. The summed E-state index contributed by atoms with van der Waals surface area (Å²) in [5, 5.41) is 55.5.